The fourth-order valence-corrected chi connectivity index (χ4v) is 6.38. The monoisotopic (exact) mass is 439 g/mol. The van der Waals surface area contributed by atoms with Crippen LogP contribution in [0.1, 0.15) is 22.5 Å². The van der Waals surface area contributed by atoms with Crippen LogP contribution in [0.2, 0.25) is 0 Å². The Morgan fingerprint density at radius 3 is 2.24 bits per heavy atom. The summed E-state index contributed by atoms with van der Waals surface area (Å²) in [5.41, 5.74) is 1.57. The van der Waals surface area contributed by atoms with E-state index >= 15 is 0 Å². The van der Waals surface area contributed by atoms with E-state index in [0.29, 0.717) is 39.8 Å². The molecular formula is C27H21NO5. The second-order valence-corrected chi connectivity index (χ2v) is 9.56. The molecule has 6 unspecified atom stereocenters. The number of anilines is 1. The summed E-state index contributed by atoms with van der Waals surface area (Å²) in [4.78, 5) is 41.0. The number of carbonyl (C=O) groups is 3. The van der Waals surface area contributed by atoms with Crippen LogP contribution in [-0.4, -0.2) is 24.7 Å². The molecular weight excluding hydrogens is 418 g/mol. The summed E-state index contributed by atoms with van der Waals surface area (Å²) in [7, 11) is 1.57. The van der Waals surface area contributed by atoms with E-state index in [1.54, 1.807) is 55.6 Å². The largest absolute Gasteiger partial charge is 0.497 e. The maximum absolute atomic E-state index is 13.4. The summed E-state index contributed by atoms with van der Waals surface area (Å²) < 4.78 is 10.9. The average Bonchev–Trinajstić information content (AvgIpc) is 3.50. The molecule has 4 aliphatic carbocycles. The van der Waals surface area contributed by atoms with E-state index in [9.17, 15) is 14.4 Å². The fraction of sp³-hybridized carbons (Fsp3) is 0.296. The first-order valence-corrected chi connectivity index (χ1v) is 11.3. The highest BCUT2D eigenvalue weighted by molar-refractivity contribution is 6.23. The van der Waals surface area contributed by atoms with Gasteiger partial charge in [-0.3, -0.25) is 14.4 Å². The molecule has 2 saturated carbocycles. The summed E-state index contributed by atoms with van der Waals surface area (Å²) >= 11 is 0. The van der Waals surface area contributed by atoms with Crippen molar-refractivity contribution in [3.05, 3.63) is 72.0 Å². The minimum atomic E-state index is -0.239. The Morgan fingerprint density at radius 2 is 1.61 bits per heavy atom. The molecule has 2 aromatic carbocycles. The van der Waals surface area contributed by atoms with Gasteiger partial charge < -0.3 is 9.15 Å². The number of furan rings is 1. The Balaban J connectivity index is 1.21. The van der Waals surface area contributed by atoms with Crippen molar-refractivity contribution < 1.29 is 23.5 Å². The Morgan fingerprint density at radius 1 is 0.939 bits per heavy atom. The van der Waals surface area contributed by atoms with Crippen molar-refractivity contribution in [1.29, 1.82) is 0 Å². The molecule has 0 N–H and O–H groups in total. The standard InChI is InChI=1S/C27H21NO5/c1-32-16-5-2-13(3-6-16)25(29)22-11-14-10-15(4-9-21(14)33-22)28-26(30)23-17-7-8-18(20-12-19(17)20)24(23)27(28)31/h2-11,17-20,23-24H,12H2,1H3. The molecule has 3 fully saturated rings. The van der Waals surface area contributed by atoms with Gasteiger partial charge in [-0.15, -0.1) is 0 Å². The van der Waals surface area contributed by atoms with Gasteiger partial charge >= 0.3 is 0 Å². The molecule has 5 aliphatic rings. The fourth-order valence-electron chi connectivity index (χ4n) is 6.38. The highest BCUT2D eigenvalue weighted by atomic mass is 16.5. The molecule has 2 heterocycles. The Labute approximate surface area is 189 Å². The lowest BCUT2D eigenvalue weighted by Gasteiger charge is -2.37. The third-order valence-electron chi connectivity index (χ3n) is 8.00. The van der Waals surface area contributed by atoms with Gasteiger partial charge in [-0.1, -0.05) is 12.2 Å². The van der Waals surface area contributed by atoms with E-state index in [4.69, 9.17) is 9.15 Å². The number of ketones is 1. The van der Waals surface area contributed by atoms with Crippen molar-refractivity contribution in [3.8, 4) is 5.75 Å². The van der Waals surface area contributed by atoms with Gasteiger partial charge in [-0.05, 0) is 78.6 Å². The van der Waals surface area contributed by atoms with Crippen LogP contribution < -0.4 is 9.64 Å². The molecule has 6 heteroatoms. The first kappa shape index (κ1) is 18.9. The molecule has 2 bridgehead atoms. The van der Waals surface area contributed by atoms with Crippen molar-refractivity contribution >= 4 is 34.3 Å². The van der Waals surface area contributed by atoms with Gasteiger partial charge in [0.1, 0.15) is 11.3 Å². The number of amides is 2. The molecule has 0 spiro atoms. The number of fused-ring (bicyclic) bond motifs is 1. The maximum atomic E-state index is 13.4. The molecule has 164 valence electrons. The van der Waals surface area contributed by atoms with Gasteiger partial charge in [0.15, 0.2) is 5.76 Å². The van der Waals surface area contributed by atoms with E-state index in [2.05, 4.69) is 12.2 Å². The van der Waals surface area contributed by atoms with Gasteiger partial charge in [0.05, 0.1) is 24.6 Å². The van der Waals surface area contributed by atoms with E-state index in [1.165, 1.54) is 4.90 Å². The second kappa shape index (κ2) is 6.44. The third kappa shape index (κ3) is 2.52. The van der Waals surface area contributed by atoms with Crippen LogP contribution in [0.3, 0.4) is 0 Å². The number of allylic oxidation sites excluding steroid dienone is 2. The maximum Gasteiger partial charge on any atom is 0.238 e. The van der Waals surface area contributed by atoms with Crippen LogP contribution in [0.4, 0.5) is 5.69 Å². The molecule has 6 nitrogen and oxygen atoms in total. The summed E-state index contributed by atoms with van der Waals surface area (Å²) in [5, 5.41) is 0.684. The minimum Gasteiger partial charge on any atom is -0.497 e. The number of nitrogens with zero attached hydrogens (tertiary/aromatic N) is 1. The van der Waals surface area contributed by atoms with Crippen molar-refractivity contribution in [2.75, 3.05) is 12.0 Å². The van der Waals surface area contributed by atoms with Gasteiger partial charge in [0.2, 0.25) is 17.6 Å². The molecule has 0 radical (unpaired) electrons. The topological polar surface area (TPSA) is 76.8 Å². The van der Waals surface area contributed by atoms with Gasteiger partial charge in [-0.25, -0.2) is 4.90 Å². The summed E-state index contributed by atoms with van der Waals surface area (Å²) in [6.45, 7) is 0. The normalized spacial score (nSPS) is 31.1. The molecule has 3 aromatic rings. The minimum absolute atomic E-state index is 0.0907. The molecule has 33 heavy (non-hydrogen) atoms. The zero-order valence-electron chi connectivity index (χ0n) is 17.9. The number of methoxy groups -OCH3 is 1. The van der Waals surface area contributed by atoms with Crippen molar-refractivity contribution in [1.82, 2.24) is 0 Å². The SMILES string of the molecule is COc1ccc(C(=O)c2cc3cc(N4C(=O)C5C6C=CC(C7CC67)C5C4=O)ccc3o2)cc1. The van der Waals surface area contributed by atoms with E-state index in [-0.39, 0.29) is 47.0 Å². The van der Waals surface area contributed by atoms with Crippen LogP contribution in [0, 0.1) is 35.5 Å². The van der Waals surface area contributed by atoms with Crippen LogP contribution in [0.5, 0.6) is 5.75 Å². The number of rotatable bonds is 4. The third-order valence-corrected chi connectivity index (χ3v) is 8.00. The molecule has 2 amide bonds. The Hall–Kier alpha value is -3.67. The van der Waals surface area contributed by atoms with Crippen LogP contribution in [0.15, 0.2) is 65.1 Å². The highest BCUT2D eigenvalue weighted by Crippen LogP contribution is 2.65. The van der Waals surface area contributed by atoms with Crippen LogP contribution in [-0.2, 0) is 9.59 Å². The smallest absolute Gasteiger partial charge is 0.238 e. The number of hydrogen-bond donors (Lipinski definition) is 0. The van der Waals surface area contributed by atoms with Crippen LogP contribution >= 0.6 is 0 Å². The lowest BCUT2D eigenvalue weighted by atomic mass is 9.63. The first-order chi connectivity index (χ1) is 16.0. The lowest BCUT2D eigenvalue weighted by Crippen LogP contribution is -2.40. The van der Waals surface area contributed by atoms with E-state index in [0.717, 1.165) is 6.42 Å². The van der Waals surface area contributed by atoms with Crippen LogP contribution in [0.25, 0.3) is 11.0 Å². The van der Waals surface area contributed by atoms with Crippen molar-refractivity contribution in [3.63, 3.8) is 0 Å². The molecule has 8 rings (SSSR count). The molecule has 1 saturated heterocycles. The lowest BCUT2D eigenvalue weighted by molar-refractivity contribution is -0.124. The Kier molecular flexibility index (Phi) is 3.68. The first-order valence-electron chi connectivity index (χ1n) is 11.3. The zero-order valence-corrected chi connectivity index (χ0v) is 17.9. The second-order valence-electron chi connectivity index (χ2n) is 9.56. The van der Waals surface area contributed by atoms with E-state index in [1.807, 2.05) is 0 Å². The molecule has 6 atom stereocenters. The average molecular weight is 439 g/mol. The molecule has 1 aliphatic heterocycles. The predicted octanol–water partition coefficient (Wildman–Crippen LogP) is 4.23. The number of benzene rings is 2. The predicted molar refractivity (Wildman–Crippen MR) is 120 cm³/mol. The molecule has 1 aromatic heterocycles. The van der Waals surface area contributed by atoms with Gasteiger partial charge in [0, 0.05) is 10.9 Å². The van der Waals surface area contributed by atoms with Crippen molar-refractivity contribution in [2.45, 2.75) is 6.42 Å². The number of carbonyl (C=O) groups excluding carboxylic acids is 3. The number of ether oxygens (including phenoxy) is 1. The van der Waals surface area contributed by atoms with Gasteiger partial charge in [0.25, 0.3) is 0 Å². The zero-order chi connectivity index (χ0) is 22.4. The Bertz CT molecular complexity index is 1350. The summed E-state index contributed by atoms with van der Waals surface area (Å²) in [5.74, 6) is 1.52. The quantitative estimate of drug-likeness (QED) is 0.345. The highest BCUT2D eigenvalue weighted by Gasteiger charge is 2.67. The number of hydrogen-bond acceptors (Lipinski definition) is 5. The number of imide groups is 1. The summed E-state index contributed by atoms with van der Waals surface area (Å²) in [6, 6.07) is 13.7. The van der Waals surface area contributed by atoms with E-state index < -0.39 is 0 Å². The summed E-state index contributed by atoms with van der Waals surface area (Å²) in [6.07, 6.45) is 5.48. The van der Waals surface area contributed by atoms with Crippen molar-refractivity contribution in [2.24, 2.45) is 35.5 Å². The van der Waals surface area contributed by atoms with Gasteiger partial charge in [-0.2, -0.15) is 0 Å².